The molecule has 2 aromatic rings. The van der Waals surface area contributed by atoms with Crippen LogP contribution in [0.3, 0.4) is 0 Å². The van der Waals surface area contributed by atoms with Crippen molar-refractivity contribution in [2.75, 3.05) is 0 Å². The number of rotatable bonds is 2. The molecular weight excluding hydrogens is 236 g/mol. The van der Waals surface area contributed by atoms with E-state index in [1.807, 2.05) is 6.92 Å². The van der Waals surface area contributed by atoms with Crippen LogP contribution in [0.4, 0.5) is 8.78 Å². The van der Waals surface area contributed by atoms with Crippen LogP contribution in [0.5, 0.6) is 0 Å². The fraction of sp³-hybridized carbons (Fsp3) is 0.308. The smallest absolute Gasteiger partial charge is 0.128 e. The summed E-state index contributed by atoms with van der Waals surface area (Å²) in [6.45, 7) is 3.66. The van der Waals surface area contributed by atoms with Crippen molar-refractivity contribution in [1.82, 2.24) is 9.78 Å². The van der Waals surface area contributed by atoms with Crippen LogP contribution in [0.25, 0.3) is 0 Å². The molecule has 96 valence electrons. The molecule has 1 unspecified atom stereocenters. The highest BCUT2D eigenvalue weighted by atomic mass is 19.1. The third kappa shape index (κ3) is 2.01. The van der Waals surface area contributed by atoms with E-state index in [2.05, 4.69) is 5.10 Å². The molecule has 5 heteroatoms. The molecule has 0 aliphatic heterocycles. The second kappa shape index (κ2) is 4.49. The predicted molar refractivity (Wildman–Crippen MR) is 65.1 cm³/mol. The second-order valence-electron chi connectivity index (χ2n) is 4.35. The zero-order chi connectivity index (χ0) is 13.4. The summed E-state index contributed by atoms with van der Waals surface area (Å²) in [4.78, 5) is 0. The van der Waals surface area contributed by atoms with Crippen LogP contribution in [0, 0.1) is 25.5 Å². The molecule has 0 aliphatic carbocycles. The van der Waals surface area contributed by atoms with Gasteiger partial charge in [0, 0.05) is 23.9 Å². The first-order chi connectivity index (χ1) is 8.41. The fourth-order valence-electron chi connectivity index (χ4n) is 2.15. The van der Waals surface area contributed by atoms with Gasteiger partial charge in [-0.25, -0.2) is 8.78 Å². The Labute approximate surface area is 104 Å². The van der Waals surface area contributed by atoms with Gasteiger partial charge in [-0.1, -0.05) is 0 Å². The summed E-state index contributed by atoms with van der Waals surface area (Å²) >= 11 is 0. The van der Waals surface area contributed by atoms with Gasteiger partial charge in [0.05, 0.1) is 11.7 Å². The van der Waals surface area contributed by atoms with E-state index < -0.39 is 17.7 Å². The molecule has 2 N–H and O–H groups in total. The van der Waals surface area contributed by atoms with Gasteiger partial charge in [0.2, 0.25) is 0 Å². The first-order valence-electron chi connectivity index (χ1n) is 5.62. The van der Waals surface area contributed by atoms with Crippen LogP contribution < -0.4 is 5.73 Å². The lowest BCUT2D eigenvalue weighted by molar-refractivity contribution is 0.576. The van der Waals surface area contributed by atoms with Gasteiger partial charge in [-0.3, -0.25) is 4.68 Å². The SMILES string of the molecule is Cc1nn(C)c(C)c1C(N)c1cc(F)ccc1F. The van der Waals surface area contributed by atoms with E-state index in [4.69, 9.17) is 5.73 Å². The number of nitrogens with zero attached hydrogens (tertiary/aromatic N) is 2. The molecule has 0 aliphatic rings. The molecular formula is C13H15F2N3. The third-order valence-electron chi connectivity index (χ3n) is 3.17. The quantitative estimate of drug-likeness (QED) is 0.890. The van der Waals surface area contributed by atoms with Crippen LogP contribution in [-0.2, 0) is 7.05 Å². The van der Waals surface area contributed by atoms with Gasteiger partial charge in [-0.15, -0.1) is 0 Å². The van der Waals surface area contributed by atoms with E-state index in [0.29, 0.717) is 0 Å². The average molecular weight is 251 g/mol. The van der Waals surface area contributed by atoms with Crippen molar-refractivity contribution in [3.8, 4) is 0 Å². The van der Waals surface area contributed by atoms with Gasteiger partial charge in [-0.2, -0.15) is 5.10 Å². The molecule has 0 amide bonds. The first-order valence-corrected chi connectivity index (χ1v) is 5.62. The number of nitrogens with two attached hydrogens (primary N) is 1. The Morgan fingerprint density at radius 3 is 2.50 bits per heavy atom. The van der Waals surface area contributed by atoms with Crippen LogP contribution in [0.2, 0.25) is 0 Å². The molecule has 0 spiro atoms. The minimum Gasteiger partial charge on any atom is -0.320 e. The lowest BCUT2D eigenvalue weighted by atomic mass is 9.97. The maximum Gasteiger partial charge on any atom is 0.128 e. The van der Waals surface area contributed by atoms with Gasteiger partial charge >= 0.3 is 0 Å². The van der Waals surface area contributed by atoms with Crippen LogP contribution in [0.15, 0.2) is 18.2 Å². The highest BCUT2D eigenvalue weighted by Crippen LogP contribution is 2.27. The maximum atomic E-state index is 13.7. The summed E-state index contributed by atoms with van der Waals surface area (Å²) in [5, 5.41) is 4.23. The molecule has 0 fully saturated rings. The molecule has 2 rings (SSSR count). The fourth-order valence-corrected chi connectivity index (χ4v) is 2.15. The Kier molecular flexibility index (Phi) is 3.17. The number of aryl methyl sites for hydroxylation is 2. The predicted octanol–water partition coefficient (Wildman–Crippen LogP) is 2.36. The van der Waals surface area contributed by atoms with E-state index in [1.165, 1.54) is 0 Å². The largest absolute Gasteiger partial charge is 0.320 e. The molecule has 1 atom stereocenters. The number of benzene rings is 1. The Morgan fingerprint density at radius 2 is 1.94 bits per heavy atom. The van der Waals surface area contributed by atoms with Gasteiger partial charge in [0.15, 0.2) is 0 Å². The molecule has 0 bridgehead atoms. The summed E-state index contributed by atoms with van der Waals surface area (Å²) in [6, 6.07) is 2.58. The number of hydrogen-bond acceptors (Lipinski definition) is 2. The van der Waals surface area contributed by atoms with Gasteiger partial charge in [-0.05, 0) is 32.0 Å². The van der Waals surface area contributed by atoms with E-state index in [0.717, 1.165) is 35.2 Å². The van der Waals surface area contributed by atoms with Gasteiger partial charge in [0.1, 0.15) is 11.6 Å². The zero-order valence-electron chi connectivity index (χ0n) is 10.5. The van der Waals surface area contributed by atoms with Crippen molar-refractivity contribution in [3.05, 3.63) is 52.3 Å². The molecule has 18 heavy (non-hydrogen) atoms. The Morgan fingerprint density at radius 1 is 1.28 bits per heavy atom. The second-order valence-corrected chi connectivity index (χ2v) is 4.35. The first kappa shape index (κ1) is 12.7. The monoisotopic (exact) mass is 251 g/mol. The van der Waals surface area contributed by atoms with Crippen molar-refractivity contribution in [2.45, 2.75) is 19.9 Å². The lowest BCUT2D eigenvalue weighted by Gasteiger charge is -2.14. The lowest BCUT2D eigenvalue weighted by Crippen LogP contribution is -2.16. The summed E-state index contributed by atoms with van der Waals surface area (Å²) in [5.41, 5.74) is 8.50. The van der Waals surface area contributed by atoms with E-state index in [-0.39, 0.29) is 5.56 Å². The summed E-state index contributed by atoms with van der Waals surface area (Å²) in [7, 11) is 1.79. The molecule has 0 saturated carbocycles. The Bertz CT molecular complexity index is 590. The van der Waals surface area contributed by atoms with E-state index in [9.17, 15) is 8.78 Å². The zero-order valence-corrected chi connectivity index (χ0v) is 10.5. The van der Waals surface area contributed by atoms with Crippen molar-refractivity contribution in [3.63, 3.8) is 0 Å². The van der Waals surface area contributed by atoms with Crippen molar-refractivity contribution in [1.29, 1.82) is 0 Å². The standard InChI is InChI=1S/C13H15F2N3/c1-7-12(8(2)18(3)17-7)13(16)10-6-9(14)4-5-11(10)15/h4-6,13H,16H2,1-3H3. The molecule has 3 nitrogen and oxygen atoms in total. The average Bonchev–Trinajstić information content (AvgIpc) is 2.56. The van der Waals surface area contributed by atoms with Gasteiger partial charge < -0.3 is 5.73 Å². The number of halogens is 2. The molecule has 1 aromatic heterocycles. The van der Waals surface area contributed by atoms with E-state index in [1.54, 1.807) is 18.7 Å². The van der Waals surface area contributed by atoms with Crippen molar-refractivity contribution in [2.24, 2.45) is 12.8 Å². The van der Waals surface area contributed by atoms with Crippen LogP contribution >= 0.6 is 0 Å². The molecule has 1 aromatic carbocycles. The minimum atomic E-state index is -0.714. The Hall–Kier alpha value is -1.75. The van der Waals surface area contributed by atoms with Crippen molar-refractivity contribution >= 4 is 0 Å². The van der Waals surface area contributed by atoms with Crippen LogP contribution in [-0.4, -0.2) is 9.78 Å². The highest BCUT2D eigenvalue weighted by Gasteiger charge is 2.21. The number of hydrogen-bond donors (Lipinski definition) is 1. The maximum absolute atomic E-state index is 13.7. The van der Waals surface area contributed by atoms with Crippen molar-refractivity contribution < 1.29 is 8.78 Å². The summed E-state index contributed by atoms with van der Waals surface area (Å²) in [6.07, 6.45) is 0. The third-order valence-corrected chi connectivity index (χ3v) is 3.17. The van der Waals surface area contributed by atoms with E-state index >= 15 is 0 Å². The highest BCUT2D eigenvalue weighted by molar-refractivity contribution is 5.37. The molecule has 1 heterocycles. The normalized spacial score (nSPS) is 12.8. The summed E-state index contributed by atoms with van der Waals surface area (Å²) < 4.78 is 28.6. The van der Waals surface area contributed by atoms with Crippen LogP contribution in [0.1, 0.15) is 28.6 Å². The minimum absolute atomic E-state index is 0.147. The summed E-state index contributed by atoms with van der Waals surface area (Å²) in [5.74, 6) is -1.01. The number of aromatic nitrogens is 2. The molecule has 0 radical (unpaired) electrons. The topological polar surface area (TPSA) is 43.8 Å². The molecule has 0 saturated heterocycles. The Balaban J connectivity index is 2.54. The van der Waals surface area contributed by atoms with Gasteiger partial charge in [0.25, 0.3) is 0 Å².